The van der Waals surface area contributed by atoms with Crippen LogP contribution in [0.3, 0.4) is 0 Å². The summed E-state index contributed by atoms with van der Waals surface area (Å²) in [6, 6.07) is 8.48. The zero-order valence-electron chi connectivity index (χ0n) is 11.5. The molecule has 2 aromatic rings. The van der Waals surface area contributed by atoms with Crippen molar-refractivity contribution in [3.63, 3.8) is 0 Å². The third kappa shape index (κ3) is 2.78. The normalized spacial score (nSPS) is 22.9. The van der Waals surface area contributed by atoms with Gasteiger partial charge in [0.1, 0.15) is 5.82 Å². The third-order valence-electron chi connectivity index (χ3n) is 4.32. The van der Waals surface area contributed by atoms with Crippen molar-refractivity contribution in [1.29, 1.82) is 0 Å². The SMILES string of the molecule is CC1CCC(c2ccc(-c3ccc(F)s3)c(F)c2)CC1. The Balaban J connectivity index is 1.84. The van der Waals surface area contributed by atoms with Crippen molar-refractivity contribution in [2.45, 2.75) is 38.5 Å². The second-order valence-electron chi connectivity index (χ2n) is 5.80. The summed E-state index contributed by atoms with van der Waals surface area (Å²) in [6.07, 6.45) is 4.75. The number of halogens is 2. The summed E-state index contributed by atoms with van der Waals surface area (Å²) >= 11 is 0.990. The van der Waals surface area contributed by atoms with E-state index in [1.54, 1.807) is 18.2 Å². The van der Waals surface area contributed by atoms with Gasteiger partial charge in [0.15, 0.2) is 5.13 Å². The van der Waals surface area contributed by atoms with Crippen LogP contribution in [0.4, 0.5) is 8.78 Å². The summed E-state index contributed by atoms with van der Waals surface area (Å²) in [6.45, 7) is 2.28. The van der Waals surface area contributed by atoms with Gasteiger partial charge in [-0.05, 0) is 48.4 Å². The zero-order valence-corrected chi connectivity index (χ0v) is 12.4. The minimum absolute atomic E-state index is 0.233. The molecule has 1 fully saturated rings. The lowest BCUT2D eigenvalue weighted by Gasteiger charge is -2.26. The van der Waals surface area contributed by atoms with Crippen LogP contribution in [0.5, 0.6) is 0 Å². The molecule has 1 aliphatic carbocycles. The molecule has 0 N–H and O–H groups in total. The molecule has 0 saturated heterocycles. The lowest BCUT2D eigenvalue weighted by atomic mass is 9.79. The Morgan fingerprint density at radius 3 is 2.35 bits per heavy atom. The summed E-state index contributed by atoms with van der Waals surface area (Å²) < 4.78 is 27.3. The molecule has 1 aliphatic rings. The smallest absolute Gasteiger partial charge is 0.176 e. The minimum atomic E-state index is -0.273. The fourth-order valence-electron chi connectivity index (χ4n) is 3.04. The second kappa shape index (κ2) is 5.65. The highest BCUT2D eigenvalue weighted by molar-refractivity contribution is 7.13. The molecule has 0 unspecified atom stereocenters. The highest BCUT2D eigenvalue weighted by Gasteiger charge is 2.20. The van der Waals surface area contributed by atoms with Crippen molar-refractivity contribution >= 4 is 11.3 Å². The van der Waals surface area contributed by atoms with E-state index in [-0.39, 0.29) is 10.9 Å². The van der Waals surface area contributed by atoms with Gasteiger partial charge in [-0.1, -0.05) is 31.9 Å². The number of hydrogen-bond acceptors (Lipinski definition) is 1. The molecule has 1 aromatic carbocycles. The van der Waals surface area contributed by atoms with Gasteiger partial charge in [0, 0.05) is 10.4 Å². The quantitative estimate of drug-likeness (QED) is 0.638. The predicted octanol–water partition coefficient (Wildman–Crippen LogP) is 5.99. The van der Waals surface area contributed by atoms with E-state index >= 15 is 0 Å². The Kier molecular flexibility index (Phi) is 3.88. The first kappa shape index (κ1) is 13.7. The van der Waals surface area contributed by atoms with E-state index in [0.29, 0.717) is 16.4 Å². The van der Waals surface area contributed by atoms with E-state index in [4.69, 9.17) is 0 Å². The highest BCUT2D eigenvalue weighted by Crippen LogP contribution is 2.37. The number of rotatable bonds is 2. The topological polar surface area (TPSA) is 0 Å². The molecule has 0 spiro atoms. The summed E-state index contributed by atoms with van der Waals surface area (Å²) in [5, 5.41) is -0.273. The monoisotopic (exact) mass is 292 g/mol. The first-order valence-electron chi connectivity index (χ1n) is 7.18. The van der Waals surface area contributed by atoms with E-state index in [0.717, 1.165) is 35.7 Å². The molecular formula is C17H18F2S. The van der Waals surface area contributed by atoms with Crippen molar-refractivity contribution in [1.82, 2.24) is 0 Å². The van der Waals surface area contributed by atoms with Crippen molar-refractivity contribution in [2.24, 2.45) is 5.92 Å². The van der Waals surface area contributed by atoms with Crippen LogP contribution in [0, 0.1) is 16.9 Å². The molecule has 0 amide bonds. The van der Waals surface area contributed by atoms with Gasteiger partial charge in [-0.25, -0.2) is 4.39 Å². The van der Waals surface area contributed by atoms with Gasteiger partial charge in [0.2, 0.25) is 0 Å². The molecule has 0 atom stereocenters. The van der Waals surface area contributed by atoms with Gasteiger partial charge in [-0.15, -0.1) is 11.3 Å². The average Bonchev–Trinajstić information content (AvgIpc) is 2.86. The number of benzene rings is 1. The number of hydrogen-bond donors (Lipinski definition) is 0. The van der Waals surface area contributed by atoms with E-state index in [1.807, 2.05) is 6.07 Å². The number of thiophene rings is 1. The van der Waals surface area contributed by atoms with Crippen LogP contribution in [0.2, 0.25) is 0 Å². The van der Waals surface area contributed by atoms with Crippen molar-refractivity contribution < 1.29 is 8.78 Å². The highest BCUT2D eigenvalue weighted by atomic mass is 32.1. The molecule has 3 heteroatoms. The third-order valence-corrected chi connectivity index (χ3v) is 5.23. The molecule has 0 radical (unpaired) electrons. The summed E-state index contributed by atoms with van der Waals surface area (Å²) in [7, 11) is 0. The molecule has 0 aliphatic heterocycles. The van der Waals surface area contributed by atoms with Crippen LogP contribution in [-0.2, 0) is 0 Å². The molecule has 0 nitrogen and oxygen atoms in total. The van der Waals surface area contributed by atoms with Gasteiger partial charge in [-0.2, -0.15) is 4.39 Å². The molecule has 3 rings (SSSR count). The second-order valence-corrected chi connectivity index (χ2v) is 6.83. The molecular weight excluding hydrogens is 274 g/mol. The largest absolute Gasteiger partial charge is 0.206 e. The standard InChI is InChI=1S/C17H18F2S/c1-11-2-4-12(5-3-11)13-6-7-14(15(18)10-13)16-8-9-17(19)20-16/h6-12H,2-5H2,1H3. The van der Waals surface area contributed by atoms with Crippen molar-refractivity contribution in [2.75, 3.05) is 0 Å². The van der Waals surface area contributed by atoms with Crippen LogP contribution in [-0.4, -0.2) is 0 Å². The first-order valence-corrected chi connectivity index (χ1v) is 8.00. The summed E-state index contributed by atoms with van der Waals surface area (Å²) in [4.78, 5) is 0.656. The first-order chi connectivity index (χ1) is 9.63. The maximum Gasteiger partial charge on any atom is 0.176 e. The lowest BCUT2D eigenvalue weighted by Crippen LogP contribution is -2.11. The van der Waals surface area contributed by atoms with Gasteiger partial charge in [0.05, 0.1) is 0 Å². The molecule has 20 heavy (non-hydrogen) atoms. The Hall–Kier alpha value is -1.22. The maximum absolute atomic E-state index is 14.3. The fourth-order valence-corrected chi connectivity index (χ4v) is 3.80. The Morgan fingerprint density at radius 2 is 1.75 bits per heavy atom. The van der Waals surface area contributed by atoms with E-state index in [9.17, 15) is 8.78 Å². The van der Waals surface area contributed by atoms with E-state index in [2.05, 4.69) is 6.92 Å². The molecule has 106 valence electrons. The van der Waals surface area contributed by atoms with Gasteiger partial charge >= 0.3 is 0 Å². The average molecular weight is 292 g/mol. The Bertz CT molecular complexity index is 595. The van der Waals surface area contributed by atoms with Gasteiger partial charge in [0.25, 0.3) is 0 Å². The minimum Gasteiger partial charge on any atom is -0.206 e. The molecule has 0 bridgehead atoms. The summed E-state index contributed by atoms with van der Waals surface area (Å²) in [5.41, 5.74) is 1.60. The van der Waals surface area contributed by atoms with Crippen LogP contribution < -0.4 is 0 Å². The van der Waals surface area contributed by atoms with Crippen molar-refractivity contribution in [3.8, 4) is 10.4 Å². The summed E-state index contributed by atoms with van der Waals surface area (Å²) in [5.74, 6) is 1.04. The lowest BCUT2D eigenvalue weighted by molar-refractivity contribution is 0.347. The van der Waals surface area contributed by atoms with Crippen molar-refractivity contribution in [3.05, 3.63) is 46.8 Å². The molecule has 1 heterocycles. The predicted molar refractivity (Wildman–Crippen MR) is 80.0 cm³/mol. The van der Waals surface area contributed by atoms with Gasteiger partial charge in [-0.3, -0.25) is 0 Å². The van der Waals surface area contributed by atoms with Gasteiger partial charge < -0.3 is 0 Å². The maximum atomic E-state index is 14.3. The zero-order chi connectivity index (χ0) is 14.1. The Morgan fingerprint density at radius 1 is 1.00 bits per heavy atom. The van der Waals surface area contributed by atoms with E-state index < -0.39 is 0 Å². The molecule has 1 saturated carbocycles. The fraction of sp³-hybridized carbons (Fsp3) is 0.412. The van der Waals surface area contributed by atoms with Crippen LogP contribution in [0.1, 0.15) is 44.1 Å². The van der Waals surface area contributed by atoms with Crippen LogP contribution in [0.15, 0.2) is 30.3 Å². The van der Waals surface area contributed by atoms with Crippen LogP contribution in [0.25, 0.3) is 10.4 Å². The Labute approximate surface area is 122 Å². The van der Waals surface area contributed by atoms with E-state index in [1.165, 1.54) is 18.9 Å². The molecule has 1 aromatic heterocycles. The van der Waals surface area contributed by atoms with Crippen LogP contribution >= 0.6 is 11.3 Å².